The fourth-order valence-corrected chi connectivity index (χ4v) is 2.81. The summed E-state index contributed by atoms with van der Waals surface area (Å²) in [7, 11) is 0. The van der Waals surface area contributed by atoms with Gasteiger partial charge in [0.1, 0.15) is 0 Å². The molecule has 3 rings (SSSR count). The number of nitrogens with two attached hydrogens (primary N) is 1. The Morgan fingerprint density at radius 3 is 2.86 bits per heavy atom. The van der Waals surface area contributed by atoms with E-state index in [0.717, 1.165) is 16.3 Å². The van der Waals surface area contributed by atoms with Gasteiger partial charge < -0.3 is 15.4 Å². The maximum atomic E-state index is 12.9. The molecule has 2 N–H and O–H groups in total. The van der Waals surface area contributed by atoms with Crippen LogP contribution in [0.15, 0.2) is 42.5 Å². The molecule has 0 bridgehead atoms. The van der Waals surface area contributed by atoms with E-state index in [0.29, 0.717) is 19.7 Å². The first-order valence-electron chi connectivity index (χ1n) is 7.31. The minimum atomic E-state index is -0.0693. The first-order chi connectivity index (χ1) is 10.2. The van der Waals surface area contributed by atoms with E-state index < -0.39 is 0 Å². The quantitative estimate of drug-likeness (QED) is 0.918. The number of benzene rings is 2. The molecule has 4 nitrogen and oxygen atoms in total. The van der Waals surface area contributed by atoms with E-state index in [9.17, 15) is 4.79 Å². The lowest BCUT2D eigenvalue weighted by molar-refractivity contribution is -0.0425. The average Bonchev–Trinajstić information content (AvgIpc) is 2.54. The van der Waals surface area contributed by atoms with E-state index in [1.54, 1.807) is 0 Å². The van der Waals surface area contributed by atoms with E-state index in [2.05, 4.69) is 0 Å². The van der Waals surface area contributed by atoms with Gasteiger partial charge in [-0.05, 0) is 23.8 Å². The SMILES string of the molecule is CC1COC(CN)CN1C(=O)c1cccc2ccccc12. The molecule has 0 spiro atoms. The summed E-state index contributed by atoms with van der Waals surface area (Å²) in [6, 6.07) is 13.9. The van der Waals surface area contributed by atoms with Crippen molar-refractivity contribution in [1.29, 1.82) is 0 Å². The summed E-state index contributed by atoms with van der Waals surface area (Å²) in [6.45, 7) is 3.54. The first-order valence-corrected chi connectivity index (χ1v) is 7.31. The molecule has 1 amide bonds. The van der Waals surface area contributed by atoms with E-state index in [1.807, 2.05) is 54.3 Å². The van der Waals surface area contributed by atoms with Crippen LogP contribution in [0, 0.1) is 0 Å². The molecule has 1 aliphatic rings. The number of amides is 1. The molecule has 0 aliphatic carbocycles. The monoisotopic (exact) mass is 284 g/mol. The Balaban J connectivity index is 1.96. The number of fused-ring (bicyclic) bond motifs is 1. The molecule has 2 aromatic rings. The van der Waals surface area contributed by atoms with Gasteiger partial charge in [0.05, 0.1) is 18.8 Å². The second-order valence-corrected chi connectivity index (χ2v) is 5.52. The molecular weight excluding hydrogens is 264 g/mol. The lowest BCUT2D eigenvalue weighted by Crippen LogP contribution is -2.52. The van der Waals surface area contributed by atoms with Gasteiger partial charge in [-0.15, -0.1) is 0 Å². The van der Waals surface area contributed by atoms with Crippen molar-refractivity contribution >= 4 is 16.7 Å². The Kier molecular flexibility index (Phi) is 3.90. The Morgan fingerprint density at radius 2 is 2.05 bits per heavy atom. The molecule has 0 aromatic heterocycles. The van der Waals surface area contributed by atoms with Crippen molar-refractivity contribution in [3.8, 4) is 0 Å². The maximum absolute atomic E-state index is 12.9. The fourth-order valence-electron chi connectivity index (χ4n) is 2.81. The molecule has 2 unspecified atom stereocenters. The Labute approximate surface area is 124 Å². The van der Waals surface area contributed by atoms with Crippen LogP contribution in [0.4, 0.5) is 0 Å². The average molecular weight is 284 g/mol. The molecule has 2 atom stereocenters. The summed E-state index contributed by atoms with van der Waals surface area (Å²) < 4.78 is 5.62. The molecule has 1 saturated heterocycles. The summed E-state index contributed by atoms with van der Waals surface area (Å²) in [4.78, 5) is 14.8. The van der Waals surface area contributed by atoms with Gasteiger partial charge in [0.2, 0.25) is 0 Å². The van der Waals surface area contributed by atoms with Crippen LogP contribution in [0.1, 0.15) is 17.3 Å². The number of ether oxygens (including phenoxy) is 1. The Bertz CT molecular complexity index is 651. The van der Waals surface area contributed by atoms with Crippen molar-refractivity contribution in [2.24, 2.45) is 5.73 Å². The first kappa shape index (κ1) is 14.0. The number of carbonyl (C=O) groups excluding carboxylic acids is 1. The van der Waals surface area contributed by atoms with Gasteiger partial charge in [-0.3, -0.25) is 4.79 Å². The number of rotatable bonds is 2. The highest BCUT2D eigenvalue weighted by Crippen LogP contribution is 2.22. The predicted molar refractivity (Wildman–Crippen MR) is 83.2 cm³/mol. The standard InChI is InChI=1S/C17H20N2O2/c1-12-11-21-14(9-18)10-19(12)17(20)16-8-4-6-13-5-2-3-7-15(13)16/h2-8,12,14H,9-11,18H2,1H3. The summed E-state index contributed by atoms with van der Waals surface area (Å²) in [5.41, 5.74) is 6.43. The van der Waals surface area contributed by atoms with Gasteiger partial charge in [-0.2, -0.15) is 0 Å². The summed E-state index contributed by atoms with van der Waals surface area (Å²) >= 11 is 0. The molecule has 1 fully saturated rings. The minimum Gasteiger partial charge on any atom is -0.373 e. The van der Waals surface area contributed by atoms with Crippen molar-refractivity contribution < 1.29 is 9.53 Å². The second-order valence-electron chi connectivity index (χ2n) is 5.52. The van der Waals surface area contributed by atoms with E-state index in [4.69, 9.17) is 10.5 Å². The molecular formula is C17H20N2O2. The van der Waals surface area contributed by atoms with E-state index in [1.165, 1.54) is 0 Å². The number of hydrogen-bond acceptors (Lipinski definition) is 3. The van der Waals surface area contributed by atoms with Crippen molar-refractivity contribution in [3.05, 3.63) is 48.0 Å². The third-order valence-electron chi connectivity index (χ3n) is 4.05. The number of morpholine rings is 1. The summed E-state index contributed by atoms with van der Waals surface area (Å²) in [5.74, 6) is 0.0565. The van der Waals surface area contributed by atoms with Gasteiger partial charge in [0.25, 0.3) is 5.91 Å². The third kappa shape index (κ3) is 2.64. The molecule has 0 saturated carbocycles. The summed E-state index contributed by atoms with van der Waals surface area (Å²) in [6.07, 6.45) is -0.0693. The van der Waals surface area contributed by atoms with Gasteiger partial charge in [-0.1, -0.05) is 36.4 Å². The lowest BCUT2D eigenvalue weighted by atomic mass is 10.0. The zero-order valence-corrected chi connectivity index (χ0v) is 12.2. The van der Waals surface area contributed by atoms with Crippen LogP contribution in [-0.4, -0.2) is 42.6 Å². The zero-order valence-electron chi connectivity index (χ0n) is 12.2. The summed E-state index contributed by atoms with van der Waals surface area (Å²) in [5, 5.41) is 2.08. The van der Waals surface area contributed by atoms with Crippen LogP contribution in [0.25, 0.3) is 10.8 Å². The Morgan fingerprint density at radius 1 is 1.29 bits per heavy atom. The molecule has 0 radical (unpaired) electrons. The molecule has 21 heavy (non-hydrogen) atoms. The molecule has 1 aliphatic heterocycles. The van der Waals surface area contributed by atoms with Gasteiger partial charge in [-0.25, -0.2) is 0 Å². The topological polar surface area (TPSA) is 55.6 Å². The smallest absolute Gasteiger partial charge is 0.254 e. The van der Waals surface area contributed by atoms with E-state index in [-0.39, 0.29) is 18.1 Å². The minimum absolute atomic E-state index is 0.0565. The van der Waals surface area contributed by atoms with Gasteiger partial charge in [0.15, 0.2) is 0 Å². The molecule has 2 aromatic carbocycles. The second kappa shape index (κ2) is 5.84. The normalized spacial score (nSPS) is 22.5. The van der Waals surface area contributed by atoms with Crippen molar-refractivity contribution in [2.75, 3.05) is 19.7 Å². The largest absolute Gasteiger partial charge is 0.373 e. The van der Waals surface area contributed by atoms with Crippen LogP contribution >= 0.6 is 0 Å². The number of nitrogens with zero attached hydrogens (tertiary/aromatic N) is 1. The molecule has 4 heteroatoms. The Hall–Kier alpha value is -1.91. The van der Waals surface area contributed by atoms with Crippen LogP contribution in [0.3, 0.4) is 0 Å². The van der Waals surface area contributed by atoms with Crippen LogP contribution < -0.4 is 5.73 Å². The van der Waals surface area contributed by atoms with Gasteiger partial charge >= 0.3 is 0 Å². The van der Waals surface area contributed by atoms with Gasteiger partial charge in [0, 0.05) is 18.7 Å². The molecule has 110 valence electrons. The van der Waals surface area contributed by atoms with E-state index >= 15 is 0 Å². The highest BCUT2D eigenvalue weighted by atomic mass is 16.5. The van der Waals surface area contributed by atoms with Crippen molar-refractivity contribution in [2.45, 2.75) is 19.1 Å². The maximum Gasteiger partial charge on any atom is 0.254 e. The number of hydrogen-bond donors (Lipinski definition) is 1. The third-order valence-corrected chi connectivity index (χ3v) is 4.05. The lowest BCUT2D eigenvalue weighted by Gasteiger charge is -2.37. The highest BCUT2D eigenvalue weighted by molar-refractivity contribution is 6.07. The van der Waals surface area contributed by atoms with Crippen molar-refractivity contribution in [3.63, 3.8) is 0 Å². The van der Waals surface area contributed by atoms with Crippen LogP contribution in [0.2, 0.25) is 0 Å². The number of carbonyl (C=O) groups is 1. The predicted octanol–water partition coefficient (Wildman–Crippen LogP) is 2.03. The van der Waals surface area contributed by atoms with Crippen LogP contribution in [-0.2, 0) is 4.74 Å². The van der Waals surface area contributed by atoms with Crippen molar-refractivity contribution in [1.82, 2.24) is 4.90 Å². The highest BCUT2D eigenvalue weighted by Gasteiger charge is 2.30. The molecule has 1 heterocycles. The fraction of sp³-hybridized carbons (Fsp3) is 0.353. The zero-order chi connectivity index (χ0) is 14.8. The van der Waals surface area contributed by atoms with Crippen LogP contribution in [0.5, 0.6) is 0 Å².